The number of carbonyl (C=O) groups is 2. The highest BCUT2D eigenvalue weighted by Crippen LogP contribution is 2.30. The predicted molar refractivity (Wildman–Crippen MR) is 156 cm³/mol. The van der Waals surface area contributed by atoms with Crippen molar-refractivity contribution in [3.8, 4) is 0 Å². The minimum absolute atomic E-state index is 0.0120. The molecule has 0 aromatic heterocycles. The van der Waals surface area contributed by atoms with E-state index in [1.165, 1.54) is 47.4 Å². The van der Waals surface area contributed by atoms with Crippen molar-refractivity contribution in [2.24, 2.45) is 0 Å². The molecule has 0 unspecified atom stereocenters. The van der Waals surface area contributed by atoms with Gasteiger partial charge in [-0.3, -0.25) is 13.9 Å². The summed E-state index contributed by atoms with van der Waals surface area (Å²) in [6, 6.07) is 15.7. The van der Waals surface area contributed by atoms with Crippen molar-refractivity contribution in [2.45, 2.75) is 64.6 Å². The van der Waals surface area contributed by atoms with E-state index in [9.17, 15) is 22.4 Å². The second-order valence-electron chi connectivity index (χ2n) is 9.90. The molecule has 0 heterocycles. The van der Waals surface area contributed by atoms with Crippen LogP contribution in [0.4, 0.5) is 10.1 Å². The van der Waals surface area contributed by atoms with Gasteiger partial charge in [0.25, 0.3) is 10.0 Å². The number of aryl methyl sites for hydroxylation is 2. The third-order valence-electron chi connectivity index (χ3n) is 6.76. The average Bonchev–Trinajstić information content (AvgIpc) is 2.92. The van der Waals surface area contributed by atoms with Crippen LogP contribution < -0.4 is 9.62 Å². The number of amides is 2. The molecule has 3 rings (SSSR count). The van der Waals surface area contributed by atoms with Gasteiger partial charge in [0.05, 0.1) is 10.6 Å². The molecule has 0 fully saturated rings. The molecule has 10 heteroatoms. The molecular weight excluding hydrogens is 553 g/mol. The SMILES string of the molecule is CC[C@H](C)NC(=O)[C@@H](C)N(Cc1ccc(F)cc1)C(=O)CN(c1cc(Cl)ccc1C)S(=O)(=O)c1ccc(C)cc1. The first-order valence-corrected chi connectivity index (χ1v) is 14.8. The fourth-order valence-electron chi connectivity index (χ4n) is 4.04. The van der Waals surface area contributed by atoms with E-state index in [1.807, 2.05) is 20.8 Å². The quantitative estimate of drug-likeness (QED) is 0.315. The van der Waals surface area contributed by atoms with Crippen LogP contribution in [0.15, 0.2) is 71.6 Å². The van der Waals surface area contributed by atoms with Gasteiger partial charge in [0.1, 0.15) is 18.4 Å². The summed E-state index contributed by atoms with van der Waals surface area (Å²) >= 11 is 6.25. The molecule has 214 valence electrons. The molecule has 1 N–H and O–H groups in total. The molecule has 0 radical (unpaired) electrons. The minimum Gasteiger partial charge on any atom is -0.352 e. The third kappa shape index (κ3) is 7.61. The lowest BCUT2D eigenvalue weighted by molar-refractivity contribution is -0.139. The molecule has 3 aromatic carbocycles. The molecular formula is C30H35ClFN3O4S. The smallest absolute Gasteiger partial charge is 0.264 e. The van der Waals surface area contributed by atoms with Gasteiger partial charge in [-0.25, -0.2) is 12.8 Å². The van der Waals surface area contributed by atoms with Crippen LogP contribution >= 0.6 is 11.6 Å². The van der Waals surface area contributed by atoms with E-state index in [2.05, 4.69) is 5.32 Å². The molecule has 0 saturated carbocycles. The van der Waals surface area contributed by atoms with Gasteiger partial charge in [0, 0.05) is 17.6 Å². The largest absolute Gasteiger partial charge is 0.352 e. The van der Waals surface area contributed by atoms with E-state index < -0.39 is 34.3 Å². The van der Waals surface area contributed by atoms with E-state index in [0.717, 1.165) is 9.87 Å². The summed E-state index contributed by atoms with van der Waals surface area (Å²) < 4.78 is 42.5. The van der Waals surface area contributed by atoms with Crippen molar-refractivity contribution in [2.75, 3.05) is 10.8 Å². The summed E-state index contributed by atoms with van der Waals surface area (Å²) in [6.07, 6.45) is 0.695. The van der Waals surface area contributed by atoms with Gasteiger partial charge in [-0.1, -0.05) is 54.4 Å². The van der Waals surface area contributed by atoms with Crippen LogP contribution in [0.25, 0.3) is 0 Å². The zero-order chi connectivity index (χ0) is 29.6. The Balaban J connectivity index is 2.06. The molecule has 0 bridgehead atoms. The first-order chi connectivity index (χ1) is 18.8. The highest BCUT2D eigenvalue weighted by molar-refractivity contribution is 7.92. The van der Waals surface area contributed by atoms with Gasteiger partial charge in [-0.05, 0) is 81.6 Å². The van der Waals surface area contributed by atoms with Crippen LogP contribution in [0, 0.1) is 19.7 Å². The zero-order valence-electron chi connectivity index (χ0n) is 23.3. The van der Waals surface area contributed by atoms with Crippen molar-refractivity contribution in [1.29, 1.82) is 0 Å². The lowest BCUT2D eigenvalue weighted by Crippen LogP contribution is -2.52. The molecule has 0 aliphatic rings. The Labute approximate surface area is 241 Å². The first-order valence-electron chi connectivity index (χ1n) is 13.0. The third-order valence-corrected chi connectivity index (χ3v) is 8.77. The zero-order valence-corrected chi connectivity index (χ0v) is 24.9. The molecule has 40 heavy (non-hydrogen) atoms. The van der Waals surface area contributed by atoms with Gasteiger partial charge in [-0.2, -0.15) is 0 Å². The molecule has 2 atom stereocenters. The fourth-order valence-corrected chi connectivity index (χ4v) is 5.67. The Hall–Kier alpha value is -3.43. The number of nitrogens with zero attached hydrogens (tertiary/aromatic N) is 2. The number of anilines is 1. The Morgan fingerprint density at radius 1 is 0.975 bits per heavy atom. The average molecular weight is 588 g/mol. The Kier molecular flexibility index (Phi) is 10.3. The number of carbonyl (C=O) groups excluding carboxylic acids is 2. The number of rotatable bonds is 11. The minimum atomic E-state index is -4.21. The van der Waals surface area contributed by atoms with Crippen LogP contribution in [-0.4, -0.2) is 43.8 Å². The Morgan fingerprint density at radius 2 is 1.60 bits per heavy atom. The number of halogens is 2. The number of sulfonamides is 1. The fraction of sp³-hybridized carbons (Fsp3) is 0.333. The number of benzene rings is 3. The Bertz CT molecular complexity index is 1450. The second kappa shape index (κ2) is 13.3. The van der Waals surface area contributed by atoms with Crippen molar-refractivity contribution < 1.29 is 22.4 Å². The lowest BCUT2D eigenvalue weighted by Gasteiger charge is -2.33. The number of hydrogen-bond donors (Lipinski definition) is 1. The highest BCUT2D eigenvalue weighted by atomic mass is 35.5. The molecule has 0 aliphatic carbocycles. The van der Waals surface area contributed by atoms with Crippen LogP contribution in [0.5, 0.6) is 0 Å². The van der Waals surface area contributed by atoms with Gasteiger partial charge in [-0.15, -0.1) is 0 Å². The van der Waals surface area contributed by atoms with Crippen molar-refractivity contribution in [3.05, 3.63) is 94.3 Å². The summed E-state index contributed by atoms with van der Waals surface area (Å²) in [5.41, 5.74) is 2.32. The second-order valence-corrected chi connectivity index (χ2v) is 12.2. The summed E-state index contributed by atoms with van der Waals surface area (Å²) in [5, 5.41) is 3.19. The maximum Gasteiger partial charge on any atom is 0.264 e. The van der Waals surface area contributed by atoms with Crippen molar-refractivity contribution in [3.63, 3.8) is 0 Å². The normalized spacial score (nSPS) is 12.9. The van der Waals surface area contributed by atoms with Crippen molar-refractivity contribution in [1.82, 2.24) is 10.2 Å². The molecule has 0 aliphatic heterocycles. The van der Waals surface area contributed by atoms with E-state index in [-0.39, 0.29) is 29.1 Å². The van der Waals surface area contributed by atoms with Gasteiger partial charge >= 0.3 is 0 Å². The van der Waals surface area contributed by atoms with E-state index in [4.69, 9.17) is 11.6 Å². The predicted octanol–water partition coefficient (Wildman–Crippen LogP) is 5.62. The van der Waals surface area contributed by atoms with E-state index in [1.54, 1.807) is 38.1 Å². The monoisotopic (exact) mass is 587 g/mol. The summed E-state index contributed by atoms with van der Waals surface area (Å²) in [4.78, 5) is 28.4. The lowest BCUT2D eigenvalue weighted by atomic mass is 10.1. The highest BCUT2D eigenvalue weighted by Gasteiger charge is 2.33. The molecule has 7 nitrogen and oxygen atoms in total. The summed E-state index contributed by atoms with van der Waals surface area (Å²) in [7, 11) is -4.21. The summed E-state index contributed by atoms with van der Waals surface area (Å²) in [6.45, 7) is 8.33. The van der Waals surface area contributed by atoms with E-state index in [0.29, 0.717) is 22.6 Å². The standard InChI is InChI=1S/C30H35ClFN3O4S/c1-6-22(4)33-30(37)23(5)34(18-24-10-13-26(32)14-11-24)29(36)19-35(28-17-25(31)12-9-21(28)3)40(38,39)27-15-7-20(2)8-16-27/h7-17,22-23H,6,18-19H2,1-5H3,(H,33,37)/t22-,23+/m0/s1. The maximum absolute atomic E-state index is 14.0. The number of nitrogens with one attached hydrogen (secondary N) is 1. The molecule has 3 aromatic rings. The Morgan fingerprint density at radius 3 is 2.20 bits per heavy atom. The van der Waals surface area contributed by atoms with Gasteiger partial charge in [0.2, 0.25) is 11.8 Å². The molecule has 2 amide bonds. The van der Waals surface area contributed by atoms with Crippen LogP contribution in [0.2, 0.25) is 5.02 Å². The first kappa shape index (κ1) is 31.1. The van der Waals surface area contributed by atoms with E-state index >= 15 is 0 Å². The van der Waals surface area contributed by atoms with Gasteiger partial charge in [0.15, 0.2) is 0 Å². The van der Waals surface area contributed by atoms with Crippen LogP contribution in [-0.2, 0) is 26.2 Å². The number of hydrogen-bond acceptors (Lipinski definition) is 4. The maximum atomic E-state index is 14.0. The summed E-state index contributed by atoms with van der Waals surface area (Å²) in [5.74, 6) is -1.42. The van der Waals surface area contributed by atoms with Gasteiger partial charge < -0.3 is 10.2 Å². The topological polar surface area (TPSA) is 86.8 Å². The molecule has 0 spiro atoms. The van der Waals surface area contributed by atoms with Crippen LogP contribution in [0.3, 0.4) is 0 Å². The van der Waals surface area contributed by atoms with Crippen LogP contribution in [0.1, 0.15) is 43.9 Å². The molecule has 0 saturated heterocycles. The van der Waals surface area contributed by atoms with Crippen molar-refractivity contribution >= 4 is 39.1 Å².